The summed E-state index contributed by atoms with van der Waals surface area (Å²) >= 11 is 0. The van der Waals surface area contributed by atoms with E-state index in [4.69, 9.17) is 9.47 Å². The summed E-state index contributed by atoms with van der Waals surface area (Å²) in [7, 11) is 0. The van der Waals surface area contributed by atoms with E-state index in [1.807, 2.05) is 30.9 Å². The maximum absolute atomic E-state index is 12.7. The van der Waals surface area contributed by atoms with Gasteiger partial charge in [0.05, 0.1) is 25.2 Å². The van der Waals surface area contributed by atoms with Gasteiger partial charge in [0.2, 0.25) is 5.91 Å². The zero-order valence-corrected chi connectivity index (χ0v) is 13.6. The Labute approximate surface area is 131 Å². The normalized spacial score (nSPS) is 35.5. The number of amides is 1. The van der Waals surface area contributed by atoms with E-state index in [1.54, 1.807) is 0 Å². The van der Waals surface area contributed by atoms with Crippen LogP contribution >= 0.6 is 0 Å². The van der Waals surface area contributed by atoms with Crippen LogP contribution in [0.2, 0.25) is 0 Å². The molecule has 2 saturated heterocycles. The average Bonchev–Trinajstić information content (AvgIpc) is 3.11. The molecule has 0 aromatic heterocycles. The molecule has 5 heteroatoms. The van der Waals surface area contributed by atoms with Crippen molar-refractivity contribution in [2.45, 2.75) is 45.3 Å². The van der Waals surface area contributed by atoms with Crippen LogP contribution in [0.4, 0.5) is 0 Å². The van der Waals surface area contributed by atoms with Crippen LogP contribution < -0.4 is 0 Å². The van der Waals surface area contributed by atoms with Crippen molar-refractivity contribution >= 4 is 11.9 Å². The number of rotatable bonds is 6. The van der Waals surface area contributed by atoms with Gasteiger partial charge in [-0.25, -0.2) is 0 Å². The number of nitrogens with zero attached hydrogens (tertiary/aromatic N) is 1. The van der Waals surface area contributed by atoms with Gasteiger partial charge in [-0.1, -0.05) is 39.3 Å². The van der Waals surface area contributed by atoms with E-state index in [0.29, 0.717) is 13.2 Å². The molecule has 122 valence electrons. The van der Waals surface area contributed by atoms with Crippen molar-refractivity contribution in [3.63, 3.8) is 0 Å². The molecule has 5 nitrogen and oxygen atoms in total. The van der Waals surface area contributed by atoms with Crippen molar-refractivity contribution in [3.05, 3.63) is 12.2 Å². The summed E-state index contributed by atoms with van der Waals surface area (Å²) in [5.74, 6) is -0.845. The Bertz CT molecular complexity index is 501. The molecule has 3 aliphatic rings. The first-order valence-electron chi connectivity index (χ1n) is 8.31. The standard InChI is InChI=1S/C17H25NO4/c1-4-5-8-18-10-17-7-6-12(22-17)13(14(17)15(18)19)16(20)21-9-11(2)3/h6-7,11-14H,4-5,8-10H2,1-3H3/t12-,13-,14+,17-/m0/s1. The van der Waals surface area contributed by atoms with E-state index >= 15 is 0 Å². The molecule has 2 fully saturated rings. The first-order chi connectivity index (χ1) is 10.5. The van der Waals surface area contributed by atoms with Crippen LogP contribution in [-0.2, 0) is 19.1 Å². The van der Waals surface area contributed by atoms with Gasteiger partial charge in [0.1, 0.15) is 11.5 Å². The number of ether oxygens (including phenoxy) is 2. The Balaban J connectivity index is 1.76. The number of hydrogen-bond donors (Lipinski definition) is 0. The number of carbonyl (C=O) groups excluding carboxylic acids is 2. The molecule has 4 atom stereocenters. The van der Waals surface area contributed by atoms with Gasteiger partial charge in [0.25, 0.3) is 0 Å². The summed E-state index contributed by atoms with van der Waals surface area (Å²) < 4.78 is 11.4. The van der Waals surface area contributed by atoms with Crippen molar-refractivity contribution in [1.82, 2.24) is 4.90 Å². The molecular weight excluding hydrogens is 282 g/mol. The summed E-state index contributed by atoms with van der Waals surface area (Å²) in [5.41, 5.74) is -0.600. The van der Waals surface area contributed by atoms with Gasteiger partial charge in [-0.2, -0.15) is 0 Å². The third kappa shape index (κ3) is 2.35. The van der Waals surface area contributed by atoms with Crippen LogP contribution in [0.1, 0.15) is 33.6 Å². The van der Waals surface area contributed by atoms with Crippen LogP contribution in [0.15, 0.2) is 12.2 Å². The van der Waals surface area contributed by atoms with E-state index < -0.39 is 17.4 Å². The predicted octanol–water partition coefficient (Wildman–Crippen LogP) is 1.77. The fourth-order valence-electron chi connectivity index (χ4n) is 3.73. The number of likely N-dealkylation sites (tertiary alicyclic amines) is 1. The highest BCUT2D eigenvalue weighted by molar-refractivity contribution is 5.91. The molecule has 0 aromatic carbocycles. The molecule has 0 saturated carbocycles. The fraction of sp³-hybridized carbons (Fsp3) is 0.765. The lowest BCUT2D eigenvalue weighted by atomic mass is 9.77. The van der Waals surface area contributed by atoms with Crippen molar-refractivity contribution in [3.8, 4) is 0 Å². The molecule has 22 heavy (non-hydrogen) atoms. The summed E-state index contributed by atoms with van der Waals surface area (Å²) in [4.78, 5) is 27.0. The van der Waals surface area contributed by atoms with E-state index in [0.717, 1.165) is 19.4 Å². The van der Waals surface area contributed by atoms with Crippen LogP contribution in [0, 0.1) is 17.8 Å². The minimum atomic E-state index is -0.600. The Morgan fingerprint density at radius 3 is 3.00 bits per heavy atom. The highest BCUT2D eigenvalue weighted by Gasteiger charge is 2.67. The molecule has 1 spiro atoms. The van der Waals surface area contributed by atoms with Crippen molar-refractivity contribution in [2.75, 3.05) is 19.7 Å². The summed E-state index contributed by atoms with van der Waals surface area (Å²) in [6.07, 6.45) is 5.62. The summed E-state index contributed by atoms with van der Waals surface area (Å²) in [5, 5.41) is 0. The average molecular weight is 307 g/mol. The van der Waals surface area contributed by atoms with Gasteiger partial charge < -0.3 is 14.4 Å². The van der Waals surface area contributed by atoms with E-state index in [2.05, 4.69) is 6.92 Å². The first-order valence-corrected chi connectivity index (χ1v) is 8.31. The second-order valence-corrected chi connectivity index (χ2v) is 7.04. The monoisotopic (exact) mass is 307 g/mol. The highest BCUT2D eigenvalue weighted by atomic mass is 16.6. The van der Waals surface area contributed by atoms with Gasteiger partial charge in [0.15, 0.2) is 0 Å². The number of fused-ring (bicyclic) bond motifs is 1. The molecule has 2 bridgehead atoms. The number of hydrogen-bond acceptors (Lipinski definition) is 4. The second-order valence-electron chi connectivity index (χ2n) is 7.04. The van der Waals surface area contributed by atoms with Gasteiger partial charge in [-0.05, 0) is 12.3 Å². The highest BCUT2D eigenvalue weighted by Crippen LogP contribution is 2.52. The molecule has 0 aliphatic carbocycles. The van der Waals surface area contributed by atoms with E-state index in [9.17, 15) is 9.59 Å². The van der Waals surface area contributed by atoms with Crippen molar-refractivity contribution in [2.24, 2.45) is 17.8 Å². The van der Waals surface area contributed by atoms with Gasteiger partial charge in [-0.15, -0.1) is 0 Å². The van der Waals surface area contributed by atoms with Crippen LogP contribution in [0.25, 0.3) is 0 Å². The minimum Gasteiger partial charge on any atom is -0.465 e. The Hall–Kier alpha value is -1.36. The largest absolute Gasteiger partial charge is 0.465 e. The molecule has 0 aromatic rings. The smallest absolute Gasteiger partial charge is 0.312 e. The molecule has 0 N–H and O–H groups in total. The third-order valence-corrected chi connectivity index (χ3v) is 4.79. The summed E-state index contributed by atoms with van der Waals surface area (Å²) in [6.45, 7) is 7.80. The van der Waals surface area contributed by atoms with Crippen molar-refractivity contribution < 1.29 is 19.1 Å². The van der Waals surface area contributed by atoms with Gasteiger partial charge in [-0.3, -0.25) is 9.59 Å². The zero-order chi connectivity index (χ0) is 15.9. The number of unbranched alkanes of at least 4 members (excludes halogenated alkanes) is 1. The van der Waals surface area contributed by atoms with Crippen LogP contribution in [0.3, 0.4) is 0 Å². The van der Waals surface area contributed by atoms with E-state index in [1.165, 1.54) is 0 Å². The molecule has 3 rings (SSSR count). The lowest BCUT2D eigenvalue weighted by Crippen LogP contribution is -2.40. The maximum Gasteiger partial charge on any atom is 0.312 e. The lowest BCUT2D eigenvalue weighted by molar-refractivity contribution is -0.154. The Morgan fingerprint density at radius 2 is 2.32 bits per heavy atom. The quantitative estimate of drug-likeness (QED) is 0.554. The Morgan fingerprint density at radius 1 is 1.55 bits per heavy atom. The van der Waals surface area contributed by atoms with Crippen molar-refractivity contribution in [1.29, 1.82) is 0 Å². The van der Waals surface area contributed by atoms with Crippen LogP contribution in [0.5, 0.6) is 0 Å². The second kappa shape index (κ2) is 5.69. The maximum atomic E-state index is 12.7. The molecule has 3 heterocycles. The van der Waals surface area contributed by atoms with Gasteiger partial charge >= 0.3 is 5.97 Å². The topological polar surface area (TPSA) is 55.8 Å². The molecule has 1 amide bonds. The number of esters is 1. The minimum absolute atomic E-state index is 0.0480. The van der Waals surface area contributed by atoms with Crippen LogP contribution in [-0.4, -0.2) is 48.2 Å². The third-order valence-electron chi connectivity index (χ3n) is 4.79. The number of carbonyl (C=O) groups is 2. The zero-order valence-electron chi connectivity index (χ0n) is 13.6. The summed E-state index contributed by atoms with van der Waals surface area (Å²) in [6, 6.07) is 0. The van der Waals surface area contributed by atoms with E-state index in [-0.39, 0.29) is 23.9 Å². The van der Waals surface area contributed by atoms with Gasteiger partial charge in [0, 0.05) is 6.54 Å². The predicted molar refractivity (Wildman–Crippen MR) is 81.0 cm³/mol. The molecule has 0 unspecified atom stereocenters. The SMILES string of the molecule is CCCCN1C[C@]23C=C[C@H](O2)[C@H](C(=O)OCC(C)C)[C@@H]3C1=O. The fourth-order valence-corrected chi connectivity index (χ4v) is 3.73. The first kappa shape index (κ1) is 15.5. The molecule has 3 aliphatic heterocycles. The lowest BCUT2D eigenvalue weighted by Gasteiger charge is -2.23. The molecule has 0 radical (unpaired) electrons. The molecular formula is C17H25NO4. The Kier molecular flexibility index (Phi) is 4.02.